The van der Waals surface area contributed by atoms with Crippen molar-refractivity contribution in [2.75, 3.05) is 0 Å². The molecule has 7 heteroatoms. The highest BCUT2D eigenvalue weighted by molar-refractivity contribution is 5.42. The van der Waals surface area contributed by atoms with E-state index in [1.807, 2.05) is 0 Å². The van der Waals surface area contributed by atoms with E-state index in [0.717, 1.165) is 18.2 Å². The number of rotatable bonds is 3. The van der Waals surface area contributed by atoms with Crippen molar-refractivity contribution in [2.45, 2.75) is 12.8 Å². The third-order valence-corrected chi connectivity index (χ3v) is 2.65. The van der Waals surface area contributed by atoms with Crippen molar-refractivity contribution < 1.29 is 31.8 Å². The Morgan fingerprint density at radius 2 is 1.67 bits per heavy atom. The maximum Gasteiger partial charge on any atom is 0.419 e. The van der Waals surface area contributed by atoms with E-state index in [2.05, 4.69) is 0 Å². The fraction of sp³-hybridized carbons (Fsp3) is 0.143. The molecule has 21 heavy (non-hydrogen) atoms. The number of benzene rings is 2. The molecule has 0 saturated heterocycles. The quantitative estimate of drug-likeness (QED) is 0.858. The molecule has 0 aliphatic carbocycles. The van der Waals surface area contributed by atoms with Crippen LogP contribution in [0.15, 0.2) is 36.4 Å². The van der Waals surface area contributed by atoms with Crippen molar-refractivity contribution in [2.24, 2.45) is 0 Å². The van der Waals surface area contributed by atoms with E-state index in [1.54, 1.807) is 0 Å². The number of hydrogen-bond acceptors (Lipinski definition) is 2. The number of halogens is 5. The van der Waals surface area contributed by atoms with Crippen molar-refractivity contribution >= 4 is 0 Å². The van der Waals surface area contributed by atoms with Crippen LogP contribution in [0.5, 0.6) is 11.5 Å². The van der Waals surface area contributed by atoms with E-state index in [-0.39, 0.29) is 5.56 Å². The van der Waals surface area contributed by atoms with E-state index in [4.69, 9.17) is 9.84 Å². The third-order valence-electron chi connectivity index (χ3n) is 2.65. The second kappa shape index (κ2) is 5.69. The Kier molecular flexibility index (Phi) is 4.13. The molecule has 0 unspecified atom stereocenters. The lowest BCUT2D eigenvalue weighted by molar-refractivity contribution is -0.138. The maximum atomic E-state index is 13.4. The van der Waals surface area contributed by atoms with Crippen LogP contribution in [0.25, 0.3) is 0 Å². The lowest BCUT2D eigenvalue weighted by Crippen LogP contribution is -2.08. The van der Waals surface area contributed by atoms with Gasteiger partial charge in [-0.05, 0) is 29.8 Å². The van der Waals surface area contributed by atoms with E-state index in [0.29, 0.717) is 12.1 Å². The fourth-order valence-corrected chi connectivity index (χ4v) is 1.66. The molecule has 0 aliphatic rings. The standard InChI is InChI=1S/C14H9F5O2/c15-9-2-3-11(16)13(6-9)21-12-4-1-8(7-20)5-10(12)14(17,18)19/h1-6,20H,7H2. The summed E-state index contributed by atoms with van der Waals surface area (Å²) in [4.78, 5) is 0. The number of ether oxygens (including phenoxy) is 1. The van der Waals surface area contributed by atoms with Gasteiger partial charge in [-0.25, -0.2) is 8.78 Å². The molecule has 0 heterocycles. The first-order valence-corrected chi connectivity index (χ1v) is 5.75. The van der Waals surface area contributed by atoms with Crippen molar-refractivity contribution in [1.82, 2.24) is 0 Å². The van der Waals surface area contributed by atoms with Crippen LogP contribution in [0.2, 0.25) is 0 Å². The van der Waals surface area contributed by atoms with Crippen molar-refractivity contribution in [3.05, 3.63) is 59.2 Å². The van der Waals surface area contributed by atoms with Crippen LogP contribution in [0, 0.1) is 11.6 Å². The van der Waals surface area contributed by atoms with Crippen LogP contribution in [0.1, 0.15) is 11.1 Å². The molecule has 0 atom stereocenters. The van der Waals surface area contributed by atoms with Gasteiger partial charge in [0.1, 0.15) is 11.6 Å². The molecule has 2 aromatic rings. The predicted molar refractivity (Wildman–Crippen MR) is 63.8 cm³/mol. The van der Waals surface area contributed by atoms with Crippen LogP contribution in [0.3, 0.4) is 0 Å². The molecule has 0 fully saturated rings. The van der Waals surface area contributed by atoms with E-state index < -0.39 is 41.5 Å². The topological polar surface area (TPSA) is 29.5 Å². The summed E-state index contributed by atoms with van der Waals surface area (Å²) in [6.07, 6.45) is -4.76. The molecule has 2 rings (SSSR count). The Morgan fingerprint density at radius 3 is 2.29 bits per heavy atom. The number of aliphatic hydroxyl groups is 1. The second-order valence-corrected chi connectivity index (χ2v) is 4.16. The molecule has 0 aliphatic heterocycles. The molecule has 0 radical (unpaired) electrons. The van der Waals surface area contributed by atoms with Gasteiger partial charge in [-0.15, -0.1) is 0 Å². The van der Waals surface area contributed by atoms with Crippen molar-refractivity contribution in [3.8, 4) is 11.5 Å². The summed E-state index contributed by atoms with van der Waals surface area (Å²) in [6, 6.07) is 5.05. The van der Waals surface area contributed by atoms with E-state index in [9.17, 15) is 22.0 Å². The third kappa shape index (κ3) is 3.49. The first-order chi connectivity index (χ1) is 9.81. The molecule has 0 aromatic heterocycles. The lowest BCUT2D eigenvalue weighted by Gasteiger charge is -2.15. The monoisotopic (exact) mass is 304 g/mol. The molecule has 112 valence electrons. The summed E-state index contributed by atoms with van der Waals surface area (Å²) in [6.45, 7) is -0.586. The molecule has 1 N–H and O–H groups in total. The largest absolute Gasteiger partial charge is 0.454 e. The summed E-state index contributed by atoms with van der Waals surface area (Å²) in [5.41, 5.74) is -1.16. The number of aliphatic hydroxyl groups excluding tert-OH is 1. The first-order valence-electron chi connectivity index (χ1n) is 5.75. The van der Waals surface area contributed by atoms with Crippen LogP contribution in [0.4, 0.5) is 22.0 Å². The van der Waals surface area contributed by atoms with Crippen LogP contribution in [-0.2, 0) is 12.8 Å². The minimum atomic E-state index is -4.76. The zero-order chi connectivity index (χ0) is 15.6. The van der Waals surface area contributed by atoms with Gasteiger partial charge in [0.05, 0.1) is 12.2 Å². The van der Waals surface area contributed by atoms with Gasteiger partial charge in [0, 0.05) is 6.07 Å². The molecule has 0 spiro atoms. The highest BCUT2D eigenvalue weighted by atomic mass is 19.4. The molecule has 2 aromatic carbocycles. The Hall–Kier alpha value is -2.15. The molecule has 0 amide bonds. The van der Waals surface area contributed by atoms with Gasteiger partial charge in [0.2, 0.25) is 0 Å². The van der Waals surface area contributed by atoms with Gasteiger partial charge in [0.15, 0.2) is 11.6 Å². The number of alkyl halides is 3. The molecule has 0 saturated carbocycles. The average Bonchev–Trinajstić information content (AvgIpc) is 2.42. The first kappa shape index (κ1) is 15.2. The van der Waals surface area contributed by atoms with Gasteiger partial charge < -0.3 is 9.84 Å². The zero-order valence-corrected chi connectivity index (χ0v) is 10.4. The van der Waals surface area contributed by atoms with Gasteiger partial charge in [0.25, 0.3) is 0 Å². The van der Waals surface area contributed by atoms with Crippen LogP contribution >= 0.6 is 0 Å². The summed E-state index contributed by atoms with van der Waals surface area (Å²) in [7, 11) is 0. The normalized spacial score (nSPS) is 11.5. The fourth-order valence-electron chi connectivity index (χ4n) is 1.66. The van der Waals surface area contributed by atoms with Crippen molar-refractivity contribution in [3.63, 3.8) is 0 Å². The lowest BCUT2D eigenvalue weighted by atomic mass is 10.1. The van der Waals surface area contributed by atoms with Gasteiger partial charge >= 0.3 is 6.18 Å². The Bertz CT molecular complexity index is 652. The molecule has 0 bridgehead atoms. The van der Waals surface area contributed by atoms with Crippen molar-refractivity contribution in [1.29, 1.82) is 0 Å². The van der Waals surface area contributed by atoms with E-state index >= 15 is 0 Å². The number of hydrogen-bond donors (Lipinski definition) is 1. The van der Waals surface area contributed by atoms with Gasteiger partial charge in [-0.3, -0.25) is 0 Å². The molecular formula is C14H9F5O2. The van der Waals surface area contributed by atoms with Crippen LogP contribution < -0.4 is 4.74 Å². The summed E-state index contributed by atoms with van der Waals surface area (Å²) in [5, 5.41) is 8.87. The maximum absolute atomic E-state index is 13.4. The smallest absolute Gasteiger partial charge is 0.419 e. The van der Waals surface area contributed by atoms with E-state index in [1.165, 1.54) is 6.07 Å². The minimum Gasteiger partial charge on any atom is -0.454 e. The highest BCUT2D eigenvalue weighted by Crippen LogP contribution is 2.39. The Balaban J connectivity index is 2.46. The zero-order valence-electron chi connectivity index (χ0n) is 10.4. The average molecular weight is 304 g/mol. The summed E-state index contributed by atoms with van der Waals surface area (Å²) in [5.74, 6) is -3.16. The van der Waals surface area contributed by atoms with Crippen LogP contribution in [-0.4, -0.2) is 5.11 Å². The predicted octanol–water partition coefficient (Wildman–Crippen LogP) is 4.27. The van der Waals surface area contributed by atoms with Gasteiger partial charge in [-0.2, -0.15) is 13.2 Å². The highest BCUT2D eigenvalue weighted by Gasteiger charge is 2.35. The molecular weight excluding hydrogens is 295 g/mol. The second-order valence-electron chi connectivity index (χ2n) is 4.16. The summed E-state index contributed by atoms with van der Waals surface area (Å²) < 4.78 is 70.0. The Morgan fingerprint density at radius 1 is 0.952 bits per heavy atom. The Labute approximate surface area is 116 Å². The summed E-state index contributed by atoms with van der Waals surface area (Å²) >= 11 is 0. The van der Waals surface area contributed by atoms with Gasteiger partial charge in [-0.1, -0.05) is 6.07 Å². The SMILES string of the molecule is OCc1ccc(Oc2cc(F)ccc2F)c(C(F)(F)F)c1. The minimum absolute atomic E-state index is 0.0226. The molecule has 2 nitrogen and oxygen atoms in total.